The van der Waals surface area contributed by atoms with Gasteiger partial charge in [0.15, 0.2) is 0 Å². The zero-order chi connectivity index (χ0) is 30.0. The van der Waals surface area contributed by atoms with E-state index in [1.165, 1.54) is 22.4 Å². The molecular weight excluding hydrogens is 545 g/mol. The number of alkyl halides is 1. The second-order valence-electron chi connectivity index (χ2n) is 12.8. The number of hydrogen-bond donors (Lipinski definition) is 1. The summed E-state index contributed by atoms with van der Waals surface area (Å²) in [5.74, 6) is 1.94. The quantitative estimate of drug-likeness (QED) is 0.268. The van der Waals surface area contributed by atoms with E-state index in [2.05, 4.69) is 105 Å². The first-order valence-electron chi connectivity index (χ1n) is 15.7. The first kappa shape index (κ1) is 30.7. The van der Waals surface area contributed by atoms with Gasteiger partial charge in [-0.25, -0.2) is 4.39 Å². The summed E-state index contributed by atoms with van der Waals surface area (Å²) in [6.45, 7) is 17.0. The molecule has 0 aromatic heterocycles. The van der Waals surface area contributed by atoms with E-state index in [1.54, 1.807) is 0 Å². The van der Waals surface area contributed by atoms with Crippen molar-refractivity contribution in [2.24, 2.45) is 0 Å². The minimum Gasteiger partial charge on any atom is -0.489 e. The Balaban J connectivity index is 1.35. The number of ether oxygens (including phenoxy) is 1. The van der Waals surface area contributed by atoms with Gasteiger partial charge in [-0.15, -0.1) is 0 Å². The van der Waals surface area contributed by atoms with E-state index in [0.717, 1.165) is 55.2 Å². The van der Waals surface area contributed by atoms with Crippen LogP contribution in [0.1, 0.15) is 82.4 Å². The first-order valence-corrected chi connectivity index (χ1v) is 16.0. The molecule has 2 aliphatic rings. The van der Waals surface area contributed by atoms with Gasteiger partial charge < -0.3 is 15.0 Å². The van der Waals surface area contributed by atoms with Crippen LogP contribution in [-0.2, 0) is 0 Å². The number of hydrogen-bond acceptors (Lipinski definition) is 4. The molecule has 0 saturated carbocycles. The average Bonchev–Trinajstić information content (AvgIpc) is 2.99. The van der Waals surface area contributed by atoms with Crippen molar-refractivity contribution in [1.82, 2.24) is 4.90 Å². The molecule has 6 heteroatoms. The number of nitrogens with one attached hydrogen (secondary N) is 1. The summed E-state index contributed by atoms with van der Waals surface area (Å²) in [6.07, 6.45) is 0.753. The summed E-state index contributed by atoms with van der Waals surface area (Å²) in [6, 6.07) is 19.8. The fourth-order valence-corrected chi connectivity index (χ4v) is 6.74. The Morgan fingerprint density at radius 2 is 1.60 bits per heavy atom. The summed E-state index contributed by atoms with van der Waals surface area (Å²) in [4.78, 5) is 4.83. The molecule has 1 fully saturated rings. The van der Waals surface area contributed by atoms with Crippen LogP contribution in [0.3, 0.4) is 0 Å². The minimum absolute atomic E-state index is 0.128. The summed E-state index contributed by atoms with van der Waals surface area (Å²) >= 11 is 6.78. The summed E-state index contributed by atoms with van der Waals surface area (Å²) in [5, 5.41) is 4.25. The van der Waals surface area contributed by atoms with Gasteiger partial charge in [-0.3, -0.25) is 4.90 Å². The van der Waals surface area contributed by atoms with Crippen LogP contribution in [0.4, 0.5) is 15.8 Å². The molecule has 1 N–H and O–H groups in total. The molecule has 3 aromatic carbocycles. The second kappa shape index (κ2) is 13.3. The number of fused-ring (bicyclic) bond motifs is 1. The Morgan fingerprint density at radius 3 is 2.26 bits per heavy atom. The monoisotopic (exact) mass is 591 g/mol. The van der Waals surface area contributed by atoms with Crippen LogP contribution in [0.5, 0.6) is 5.75 Å². The number of piperazine rings is 1. The van der Waals surface area contributed by atoms with E-state index in [-0.39, 0.29) is 24.7 Å². The van der Waals surface area contributed by atoms with Gasteiger partial charge in [-0.05, 0) is 84.2 Å². The summed E-state index contributed by atoms with van der Waals surface area (Å²) in [7, 11) is 0. The van der Waals surface area contributed by atoms with E-state index >= 15 is 0 Å². The molecule has 3 atom stereocenters. The molecule has 2 aliphatic heterocycles. The highest BCUT2D eigenvalue weighted by Crippen LogP contribution is 2.44. The van der Waals surface area contributed by atoms with Crippen molar-refractivity contribution in [3.05, 3.63) is 76.3 Å². The summed E-state index contributed by atoms with van der Waals surface area (Å²) < 4.78 is 20.9. The maximum Gasteiger partial charge on any atom is 0.150 e. The van der Waals surface area contributed by atoms with Crippen LogP contribution in [0.15, 0.2) is 54.6 Å². The highest BCUT2D eigenvalue weighted by Gasteiger charge is 2.31. The zero-order valence-corrected chi connectivity index (χ0v) is 26.8. The molecule has 0 amide bonds. The average molecular weight is 592 g/mol. The van der Waals surface area contributed by atoms with Crippen LogP contribution in [-0.4, -0.2) is 56.4 Å². The van der Waals surface area contributed by atoms with Crippen molar-refractivity contribution in [2.45, 2.75) is 77.8 Å². The lowest BCUT2D eigenvalue weighted by atomic mass is 9.88. The van der Waals surface area contributed by atoms with Crippen LogP contribution in [0.25, 0.3) is 11.1 Å². The molecule has 0 radical (unpaired) electrons. The van der Waals surface area contributed by atoms with Crippen LogP contribution in [0, 0.1) is 0 Å². The SMILES string of the molecule is CC(C)c1ccc(N2CCN(C(CF)CC(C)c3cc4c(c(-c5cc(C(C)C)ccc5Cl)c3)OCCN4)C(C)C2)cc1. The number of benzene rings is 3. The van der Waals surface area contributed by atoms with Crippen molar-refractivity contribution < 1.29 is 9.13 Å². The predicted octanol–water partition coefficient (Wildman–Crippen LogP) is 9.10. The van der Waals surface area contributed by atoms with Crippen molar-refractivity contribution in [1.29, 1.82) is 0 Å². The number of anilines is 2. The van der Waals surface area contributed by atoms with Crippen molar-refractivity contribution in [2.75, 3.05) is 49.7 Å². The third kappa shape index (κ3) is 6.58. The molecule has 0 aliphatic carbocycles. The third-order valence-electron chi connectivity index (χ3n) is 9.17. The van der Waals surface area contributed by atoms with Crippen molar-refractivity contribution in [3.63, 3.8) is 0 Å². The van der Waals surface area contributed by atoms with E-state index in [1.807, 2.05) is 6.07 Å². The van der Waals surface area contributed by atoms with Crippen LogP contribution in [0.2, 0.25) is 5.02 Å². The first-order chi connectivity index (χ1) is 20.2. The van der Waals surface area contributed by atoms with Gasteiger partial charge in [0.05, 0.1) is 5.69 Å². The fraction of sp³-hybridized carbons (Fsp3) is 0.500. The molecule has 42 heavy (non-hydrogen) atoms. The Bertz CT molecular complexity index is 1360. The number of rotatable bonds is 9. The van der Waals surface area contributed by atoms with Gasteiger partial charge in [-0.1, -0.05) is 64.4 Å². The van der Waals surface area contributed by atoms with Crippen LogP contribution < -0.4 is 15.0 Å². The molecule has 3 aromatic rings. The van der Waals surface area contributed by atoms with E-state index in [0.29, 0.717) is 23.5 Å². The standard InChI is InChI=1S/C36H47ClFN3O/c1-23(2)27-7-10-30(11-8-27)40-14-15-41(26(6)22-40)31(21-38)17-25(5)29-19-33(36-35(20-29)39-13-16-42-36)32-18-28(24(3)4)9-12-34(32)37/h7-12,18-20,23-26,31,39H,13-17,21-22H2,1-6H3. The Morgan fingerprint density at radius 1 is 0.905 bits per heavy atom. The molecule has 0 bridgehead atoms. The Hall–Kier alpha value is -2.76. The highest BCUT2D eigenvalue weighted by atomic mass is 35.5. The minimum atomic E-state index is -0.348. The lowest BCUT2D eigenvalue weighted by Crippen LogP contribution is -2.56. The smallest absolute Gasteiger partial charge is 0.150 e. The van der Waals surface area contributed by atoms with Gasteiger partial charge >= 0.3 is 0 Å². The van der Waals surface area contributed by atoms with Crippen molar-refractivity contribution >= 4 is 23.0 Å². The van der Waals surface area contributed by atoms with Gasteiger partial charge in [0.25, 0.3) is 0 Å². The van der Waals surface area contributed by atoms with E-state index in [4.69, 9.17) is 16.3 Å². The Labute approximate surface area is 257 Å². The predicted molar refractivity (Wildman–Crippen MR) is 177 cm³/mol. The fourth-order valence-electron chi connectivity index (χ4n) is 6.52. The molecule has 226 valence electrons. The van der Waals surface area contributed by atoms with Gasteiger partial charge in [0.1, 0.15) is 19.0 Å². The molecular formula is C36H47ClFN3O. The third-order valence-corrected chi connectivity index (χ3v) is 9.50. The van der Waals surface area contributed by atoms with Gasteiger partial charge in [-0.2, -0.15) is 0 Å². The summed E-state index contributed by atoms with van der Waals surface area (Å²) in [5.41, 5.74) is 8.04. The van der Waals surface area contributed by atoms with Crippen molar-refractivity contribution in [3.8, 4) is 16.9 Å². The largest absolute Gasteiger partial charge is 0.489 e. The van der Waals surface area contributed by atoms with E-state index in [9.17, 15) is 4.39 Å². The zero-order valence-electron chi connectivity index (χ0n) is 26.1. The maximum absolute atomic E-state index is 14.7. The molecule has 0 spiro atoms. The molecule has 2 heterocycles. The molecule has 1 saturated heterocycles. The van der Waals surface area contributed by atoms with Crippen LogP contribution >= 0.6 is 11.6 Å². The molecule has 4 nitrogen and oxygen atoms in total. The second-order valence-corrected chi connectivity index (χ2v) is 13.2. The van der Waals surface area contributed by atoms with Gasteiger partial charge in [0.2, 0.25) is 0 Å². The topological polar surface area (TPSA) is 27.7 Å². The van der Waals surface area contributed by atoms with Gasteiger partial charge in [0, 0.05) is 60.1 Å². The lowest BCUT2D eigenvalue weighted by molar-refractivity contribution is 0.0981. The normalized spacial score (nSPS) is 18.9. The molecule has 5 rings (SSSR count). The number of nitrogens with zero attached hydrogens (tertiary/aromatic N) is 2. The lowest BCUT2D eigenvalue weighted by Gasteiger charge is -2.44. The highest BCUT2D eigenvalue weighted by molar-refractivity contribution is 6.33. The maximum atomic E-state index is 14.7. The number of halogens is 2. The van der Waals surface area contributed by atoms with E-state index < -0.39 is 0 Å². The Kier molecular flexibility index (Phi) is 9.69. The molecule has 3 unspecified atom stereocenters.